The minimum atomic E-state index is -3.78. The van der Waals surface area contributed by atoms with Crippen LogP contribution in [0.4, 0.5) is 0 Å². The highest BCUT2D eigenvalue weighted by Crippen LogP contribution is 2.23. The molecule has 74 valence electrons. The number of ether oxygens (including phenoxy) is 1. The Kier molecular flexibility index (Phi) is 2.98. The van der Waals surface area contributed by atoms with E-state index in [0.717, 1.165) is 11.3 Å². The van der Waals surface area contributed by atoms with Crippen LogP contribution in [0.25, 0.3) is 0 Å². The van der Waals surface area contributed by atoms with E-state index in [1.165, 1.54) is 13.3 Å². The summed E-state index contributed by atoms with van der Waals surface area (Å²) in [5.41, 5.74) is 0. The normalized spacial score (nSPS) is 14.4. The third kappa shape index (κ3) is 2.45. The van der Waals surface area contributed by atoms with Gasteiger partial charge in [0.25, 0.3) is 10.0 Å². The molecule has 0 aliphatic rings. The molecule has 0 aromatic carbocycles. The maximum Gasteiger partial charge on any atom is 0.265 e. The quantitative estimate of drug-likeness (QED) is 0.669. The van der Waals surface area contributed by atoms with E-state index in [-0.39, 0.29) is 4.34 Å². The first-order valence-electron chi connectivity index (χ1n) is 3.14. The number of aliphatic hydroxyl groups excluding tert-OH is 1. The van der Waals surface area contributed by atoms with Gasteiger partial charge in [-0.3, -0.25) is 0 Å². The number of aromatic nitrogens is 1. The van der Waals surface area contributed by atoms with Crippen LogP contribution in [-0.2, 0) is 14.8 Å². The van der Waals surface area contributed by atoms with E-state index in [4.69, 9.17) is 10.2 Å². The largest absolute Gasteiger partial charge is 0.364 e. The van der Waals surface area contributed by atoms with Crippen molar-refractivity contribution in [3.05, 3.63) is 11.1 Å². The van der Waals surface area contributed by atoms with Gasteiger partial charge in [-0.2, -0.15) is 0 Å². The molecule has 6 nitrogen and oxygen atoms in total. The number of hydrogen-bond donors (Lipinski definition) is 2. The van der Waals surface area contributed by atoms with Gasteiger partial charge >= 0.3 is 0 Å². The minimum absolute atomic E-state index is 0.237. The molecule has 0 spiro atoms. The van der Waals surface area contributed by atoms with Gasteiger partial charge in [0.2, 0.25) is 4.34 Å². The lowest BCUT2D eigenvalue weighted by Gasteiger charge is -2.02. The van der Waals surface area contributed by atoms with E-state index in [1.807, 2.05) is 0 Å². The van der Waals surface area contributed by atoms with Gasteiger partial charge in [0.05, 0.1) is 4.88 Å². The molecule has 1 aromatic rings. The Labute approximate surface area is 79.0 Å². The summed E-state index contributed by atoms with van der Waals surface area (Å²) < 4.78 is 25.8. The summed E-state index contributed by atoms with van der Waals surface area (Å²) in [6.45, 7) is 0. The van der Waals surface area contributed by atoms with Crippen molar-refractivity contribution in [2.24, 2.45) is 5.14 Å². The fourth-order valence-corrected chi connectivity index (χ4v) is 2.19. The lowest BCUT2D eigenvalue weighted by Crippen LogP contribution is -2.11. The minimum Gasteiger partial charge on any atom is -0.364 e. The monoisotopic (exact) mass is 224 g/mol. The van der Waals surface area contributed by atoms with E-state index < -0.39 is 16.3 Å². The summed E-state index contributed by atoms with van der Waals surface area (Å²) in [4.78, 5) is 3.82. The van der Waals surface area contributed by atoms with Gasteiger partial charge in [-0.05, 0) is 0 Å². The van der Waals surface area contributed by atoms with Crippen LogP contribution in [0.1, 0.15) is 11.2 Å². The molecule has 1 atom stereocenters. The van der Waals surface area contributed by atoms with Crippen LogP contribution in [0.5, 0.6) is 0 Å². The van der Waals surface area contributed by atoms with E-state index in [0.29, 0.717) is 4.88 Å². The summed E-state index contributed by atoms with van der Waals surface area (Å²) in [6.07, 6.45) is 0.0477. The molecule has 8 heteroatoms. The third-order valence-electron chi connectivity index (χ3n) is 1.21. The second-order valence-electron chi connectivity index (χ2n) is 2.16. The van der Waals surface area contributed by atoms with E-state index in [1.54, 1.807) is 0 Å². The first-order valence-corrected chi connectivity index (χ1v) is 5.51. The maximum atomic E-state index is 10.8. The number of primary sulfonamides is 1. The van der Waals surface area contributed by atoms with Crippen LogP contribution in [-0.4, -0.2) is 25.6 Å². The van der Waals surface area contributed by atoms with Gasteiger partial charge in [0, 0.05) is 13.3 Å². The van der Waals surface area contributed by atoms with Crippen LogP contribution in [0.15, 0.2) is 10.5 Å². The number of rotatable bonds is 3. The smallest absolute Gasteiger partial charge is 0.265 e. The van der Waals surface area contributed by atoms with Gasteiger partial charge in [0.15, 0.2) is 6.29 Å². The van der Waals surface area contributed by atoms with Crippen LogP contribution in [0, 0.1) is 0 Å². The molecule has 0 bridgehead atoms. The summed E-state index contributed by atoms with van der Waals surface area (Å²) in [5.74, 6) is 0. The highest BCUT2D eigenvalue weighted by molar-refractivity contribution is 7.91. The summed E-state index contributed by atoms with van der Waals surface area (Å²) in [7, 11) is -2.49. The first kappa shape index (κ1) is 10.5. The number of thiazole rings is 1. The summed E-state index contributed by atoms with van der Waals surface area (Å²) in [5, 5.41) is 13.9. The molecule has 0 radical (unpaired) electrons. The van der Waals surface area contributed by atoms with Gasteiger partial charge in [-0.1, -0.05) is 0 Å². The van der Waals surface area contributed by atoms with Crippen LogP contribution in [0.2, 0.25) is 0 Å². The number of methoxy groups -OCH3 is 1. The molecule has 0 saturated carbocycles. The van der Waals surface area contributed by atoms with Gasteiger partial charge in [-0.25, -0.2) is 18.5 Å². The zero-order chi connectivity index (χ0) is 10.1. The lowest BCUT2D eigenvalue weighted by molar-refractivity contribution is -0.0744. The second kappa shape index (κ2) is 3.68. The number of nitrogens with two attached hydrogens (primary N) is 1. The standard InChI is InChI=1S/C5H8N2O4S2/c1-11-4(8)3-2-7-5(12-3)13(6,9)10/h2,4,8H,1H3,(H2,6,9,10). The fourth-order valence-electron chi connectivity index (χ4n) is 0.632. The van der Waals surface area contributed by atoms with Crippen LogP contribution in [0.3, 0.4) is 0 Å². The fraction of sp³-hybridized carbons (Fsp3) is 0.400. The van der Waals surface area contributed by atoms with E-state index >= 15 is 0 Å². The van der Waals surface area contributed by atoms with Crippen molar-refractivity contribution < 1.29 is 18.3 Å². The van der Waals surface area contributed by atoms with Gasteiger partial charge in [-0.15, -0.1) is 11.3 Å². The SMILES string of the molecule is COC(O)c1cnc(S(N)(=O)=O)s1. The highest BCUT2D eigenvalue weighted by Gasteiger charge is 2.16. The zero-order valence-electron chi connectivity index (χ0n) is 6.67. The lowest BCUT2D eigenvalue weighted by atomic mass is 10.5. The summed E-state index contributed by atoms with van der Waals surface area (Å²) >= 11 is 0.773. The molecule has 1 aromatic heterocycles. The first-order chi connectivity index (χ1) is 5.95. The highest BCUT2D eigenvalue weighted by atomic mass is 32.2. The topological polar surface area (TPSA) is 103 Å². The number of hydrogen-bond acceptors (Lipinski definition) is 6. The molecule has 0 fully saturated rings. The molecular formula is C5H8N2O4S2. The van der Waals surface area contributed by atoms with Crippen molar-refractivity contribution in [2.45, 2.75) is 10.6 Å². The molecule has 0 aliphatic carbocycles. The van der Waals surface area contributed by atoms with Gasteiger partial charge < -0.3 is 9.84 Å². The maximum absolute atomic E-state index is 10.8. The van der Waals surface area contributed by atoms with Crippen molar-refractivity contribution in [3.63, 3.8) is 0 Å². The van der Waals surface area contributed by atoms with E-state index in [9.17, 15) is 8.42 Å². The predicted octanol–water partition coefficient (Wildman–Crippen LogP) is -0.572. The number of aliphatic hydroxyl groups is 1. The Morgan fingerprint density at radius 1 is 1.77 bits per heavy atom. The van der Waals surface area contributed by atoms with E-state index in [2.05, 4.69) is 9.72 Å². The Balaban J connectivity index is 3.00. The van der Waals surface area contributed by atoms with Crippen LogP contribution < -0.4 is 5.14 Å². The molecule has 1 heterocycles. The molecule has 1 unspecified atom stereocenters. The van der Waals surface area contributed by atoms with Crippen molar-refractivity contribution in [1.82, 2.24) is 4.98 Å². The Morgan fingerprint density at radius 3 is 2.77 bits per heavy atom. The van der Waals surface area contributed by atoms with Crippen LogP contribution >= 0.6 is 11.3 Å². The average Bonchev–Trinajstić information content (AvgIpc) is 2.50. The number of sulfonamides is 1. The molecule has 13 heavy (non-hydrogen) atoms. The molecular weight excluding hydrogens is 216 g/mol. The Morgan fingerprint density at radius 2 is 2.38 bits per heavy atom. The Hall–Kier alpha value is -0.540. The van der Waals surface area contributed by atoms with Crippen molar-refractivity contribution in [3.8, 4) is 0 Å². The summed E-state index contributed by atoms with van der Waals surface area (Å²) in [6, 6.07) is 0. The molecule has 1 rings (SSSR count). The molecule has 0 aliphatic heterocycles. The van der Waals surface area contributed by atoms with Crippen molar-refractivity contribution >= 4 is 21.4 Å². The zero-order valence-corrected chi connectivity index (χ0v) is 8.30. The van der Waals surface area contributed by atoms with Crippen molar-refractivity contribution in [2.75, 3.05) is 7.11 Å². The second-order valence-corrected chi connectivity index (χ2v) is 4.96. The number of nitrogens with zero attached hydrogens (tertiary/aromatic N) is 1. The Bertz CT molecular complexity index is 385. The third-order valence-corrected chi connectivity index (χ3v) is 3.57. The molecule has 3 N–H and O–H groups in total. The van der Waals surface area contributed by atoms with Crippen molar-refractivity contribution in [1.29, 1.82) is 0 Å². The molecule has 0 saturated heterocycles. The average molecular weight is 224 g/mol. The van der Waals surface area contributed by atoms with Gasteiger partial charge in [0.1, 0.15) is 0 Å². The predicted molar refractivity (Wildman–Crippen MR) is 45.5 cm³/mol. The molecule has 0 amide bonds.